The summed E-state index contributed by atoms with van der Waals surface area (Å²) < 4.78 is 0. The van der Waals surface area contributed by atoms with Crippen molar-refractivity contribution in [1.29, 1.82) is 0 Å². The number of anilines is 1. The summed E-state index contributed by atoms with van der Waals surface area (Å²) in [5.41, 5.74) is 9.15. The summed E-state index contributed by atoms with van der Waals surface area (Å²) in [4.78, 5) is 13.1. The van der Waals surface area contributed by atoms with Gasteiger partial charge < -0.3 is 10.6 Å². The fraction of sp³-hybridized carbons (Fsp3) is 0.471. The molecule has 1 amide bonds. The number of amides is 1. The van der Waals surface area contributed by atoms with Crippen LogP contribution in [0, 0.1) is 5.41 Å². The Morgan fingerprint density at radius 1 is 1.43 bits per heavy atom. The molecule has 0 aliphatic carbocycles. The lowest BCUT2D eigenvalue weighted by Gasteiger charge is -2.35. The normalized spacial score (nSPS) is 19.3. The molecular formula is C17H23ClN2O. The van der Waals surface area contributed by atoms with Gasteiger partial charge in [-0.15, -0.1) is 0 Å². The fourth-order valence-electron chi connectivity index (χ4n) is 2.79. The van der Waals surface area contributed by atoms with Crippen molar-refractivity contribution in [3.8, 4) is 0 Å². The Morgan fingerprint density at radius 3 is 2.76 bits per heavy atom. The van der Waals surface area contributed by atoms with Crippen LogP contribution in [0.25, 0.3) is 5.57 Å². The molecule has 0 saturated carbocycles. The van der Waals surface area contributed by atoms with Gasteiger partial charge in [-0.2, -0.15) is 0 Å². The van der Waals surface area contributed by atoms with E-state index in [4.69, 9.17) is 17.3 Å². The number of nitrogens with two attached hydrogens (primary N) is 1. The Hall–Kier alpha value is -1.48. The second-order valence-electron chi connectivity index (χ2n) is 6.85. The lowest BCUT2D eigenvalue weighted by atomic mass is 9.84. The largest absolute Gasteiger partial charge is 0.398 e. The zero-order chi connectivity index (χ0) is 15.6. The minimum absolute atomic E-state index is 0.115. The predicted molar refractivity (Wildman–Crippen MR) is 89.1 cm³/mol. The summed E-state index contributed by atoms with van der Waals surface area (Å²) in [7, 11) is 0. The molecule has 0 radical (unpaired) electrons. The number of halogens is 1. The molecule has 0 aromatic heterocycles. The van der Waals surface area contributed by atoms with Crippen molar-refractivity contribution in [1.82, 2.24) is 4.90 Å². The van der Waals surface area contributed by atoms with Crippen LogP contribution < -0.4 is 5.73 Å². The molecule has 0 fully saturated rings. The second-order valence-corrected chi connectivity index (χ2v) is 7.29. The van der Waals surface area contributed by atoms with Crippen molar-refractivity contribution in [3.63, 3.8) is 0 Å². The number of carbonyl (C=O) groups excluding carboxylic acids is 1. The van der Waals surface area contributed by atoms with Crippen LogP contribution in [0.15, 0.2) is 24.3 Å². The van der Waals surface area contributed by atoms with Crippen LogP contribution >= 0.6 is 11.6 Å². The SMILES string of the molecule is CC(C)(C)CC1C=C(c2cc(Cl)ccc2N)CCN1C=O. The van der Waals surface area contributed by atoms with Crippen LogP contribution in [0.4, 0.5) is 5.69 Å². The minimum atomic E-state index is 0.115. The van der Waals surface area contributed by atoms with Gasteiger partial charge in [0.05, 0.1) is 6.04 Å². The minimum Gasteiger partial charge on any atom is -0.398 e. The first-order chi connectivity index (χ1) is 9.80. The zero-order valence-corrected chi connectivity index (χ0v) is 13.7. The monoisotopic (exact) mass is 306 g/mol. The van der Waals surface area contributed by atoms with Crippen molar-refractivity contribution < 1.29 is 4.79 Å². The van der Waals surface area contributed by atoms with Gasteiger partial charge in [0.25, 0.3) is 0 Å². The zero-order valence-electron chi connectivity index (χ0n) is 12.9. The number of hydrogen-bond donors (Lipinski definition) is 1. The molecule has 1 aliphatic rings. The van der Waals surface area contributed by atoms with E-state index >= 15 is 0 Å². The molecule has 0 saturated heterocycles. The molecule has 1 unspecified atom stereocenters. The predicted octanol–water partition coefficient (Wildman–Crippen LogP) is 3.97. The number of benzene rings is 1. The summed E-state index contributed by atoms with van der Waals surface area (Å²) in [6, 6.07) is 5.66. The molecule has 2 rings (SSSR count). The van der Waals surface area contributed by atoms with Crippen LogP contribution in [0.1, 0.15) is 39.2 Å². The van der Waals surface area contributed by atoms with Gasteiger partial charge >= 0.3 is 0 Å². The molecule has 4 heteroatoms. The average Bonchev–Trinajstić information content (AvgIpc) is 2.39. The van der Waals surface area contributed by atoms with Gasteiger partial charge in [-0.1, -0.05) is 38.4 Å². The van der Waals surface area contributed by atoms with Crippen LogP contribution in [0.3, 0.4) is 0 Å². The Kier molecular flexibility index (Phi) is 4.62. The molecule has 3 nitrogen and oxygen atoms in total. The molecule has 1 heterocycles. The van der Waals surface area contributed by atoms with Crippen molar-refractivity contribution in [2.75, 3.05) is 12.3 Å². The Morgan fingerprint density at radius 2 is 2.14 bits per heavy atom. The van der Waals surface area contributed by atoms with Gasteiger partial charge in [-0.3, -0.25) is 4.79 Å². The third kappa shape index (κ3) is 4.01. The Bertz CT molecular complexity index is 560. The van der Waals surface area contributed by atoms with E-state index in [1.807, 2.05) is 17.0 Å². The average molecular weight is 307 g/mol. The number of nitrogens with zero attached hydrogens (tertiary/aromatic N) is 1. The van der Waals surface area contributed by atoms with E-state index in [-0.39, 0.29) is 11.5 Å². The van der Waals surface area contributed by atoms with E-state index in [2.05, 4.69) is 26.8 Å². The highest BCUT2D eigenvalue weighted by Gasteiger charge is 2.26. The molecule has 114 valence electrons. The third-order valence-electron chi connectivity index (χ3n) is 3.78. The van der Waals surface area contributed by atoms with E-state index < -0.39 is 0 Å². The number of carbonyl (C=O) groups is 1. The second kappa shape index (κ2) is 6.10. The molecule has 1 atom stereocenters. The van der Waals surface area contributed by atoms with E-state index in [0.717, 1.165) is 37.0 Å². The van der Waals surface area contributed by atoms with E-state index in [0.29, 0.717) is 5.02 Å². The quantitative estimate of drug-likeness (QED) is 0.678. The van der Waals surface area contributed by atoms with Crippen LogP contribution in [-0.2, 0) is 4.79 Å². The van der Waals surface area contributed by atoms with Gasteiger partial charge in [-0.25, -0.2) is 0 Å². The number of hydrogen-bond acceptors (Lipinski definition) is 2. The summed E-state index contributed by atoms with van der Waals surface area (Å²) >= 11 is 6.09. The molecular weight excluding hydrogens is 284 g/mol. The Labute approximate surface area is 131 Å². The van der Waals surface area contributed by atoms with Gasteiger partial charge in [0, 0.05) is 22.8 Å². The summed E-state index contributed by atoms with van der Waals surface area (Å²) in [5, 5.41) is 0.685. The molecule has 2 N–H and O–H groups in total. The first-order valence-corrected chi connectivity index (χ1v) is 7.65. The van der Waals surface area contributed by atoms with Crippen LogP contribution in [-0.4, -0.2) is 23.9 Å². The molecule has 0 bridgehead atoms. The maximum atomic E-state index is 11.3. The highest BCUT2D eigenvalue weighted by atomic mass is 35.5. The molecule has 0 spiro atoms. The van der Waals surface area contributed by atoms with E-state index in [9.17, 15) is 4.79 Å². The summed E-state index contributed by atoms with van der Waals surface area (Å²) in [5.74, 6) is 0. The van der Waals surface area contributed by atoms with E-state index in [1.54, 1.807) is 6.07 Å². The Balaban J connectivity index is 2.35. The first-order valence-electron chi connectivity index (χ1n) is 7.27. The van der Waals surface area contributed by atoms with Gasteiger partial charge in [0.1, 0.15) is 0 Å². The number of rotatable bonds is 3. The van der Waals surface area contributed by atoms with Crippen molar-refractivity contribution in [2.45, 2.75) is 39.7 Å². The van der Waals surface area contributed by atoms with Crippen LogP contribution in [0.5, 0.6) is 0 Å². The standard InChI is InChI=1S/C17H23ClN2O/c1-17(2,3)10-14-8-12(6-7-20(14)11-21)15-9-13(18)4-5-16(15)19/h4-5,8-9,11,14H,6-7,10,19H2,1-3H3. The fourth-order valence-corrected chi connectivity index (χ4v) is 2.96. The lowest BCUT2D eigenvalue weighted by Crippen LogP contribution is -2.39. The highest BCUT2D eigenvalue weighted by molar-refractivity contribution is 6.30. The summed E-state index contributed by atoms with van der Waals surface area (Å²) in [6.45, 7) is 7.28. The smallest absolute Gasteiger partial charge is 0.210 e. The van der Waals surface area contributed by atoms with Gasteiger partial charge in [-0.05, 0) is 42.0 Å². The number of nitrogen functional groups attached to an aromatic ring is 1. The first kappa shape index (κ1) is 15.9. The van der Waals surface area contributed by atoms with Crippen LogP contribution in [0.2, 0.25) is 5.02 Å². The third-order valence-corrected chi connectivity index (χ3v) is 4.01. The highest BCUT2D eigenvalue weighted by Crippen LogP contribution is 2.34. The molecule has 1 aromatic rings. The molecule has 1 aromatic carbocycles. The maximum absolute atomic E-state index is 11.3. The molecule has 1 aliphatic heterocycles. The van der Waals surface area contributed by atoms with E-state index in [1.165, 1.54) is 5.57 Å². The topological polar surface area (TPSA) is 46.3 Å². The lowest BCUT2D eigenvalue weighted by molar-refractivity contribution is -0.119. The van der Waals surface area contributed by atoms with Crippen molar-refractivity contribution >= 4 is 29.3 Å². The van der Waals surface area contributed by atoms with Gasteiger partial charge in [0.15, 0.2) is 0 Å². The van der Waals surface area contributed by atoms with Gasteiger partial charge in [0.2, 0.25) is 6.41 Å². The van der Waals surface area contributed by atoms with Crippen molar-refractivity contribution in [3.05, 3.63) is 34.9 Å². The molecule has 21 heavy (non-hydrogen) atoms. The summed E-state index contributed by atoms with van der Waals surface area (Å²) in [6.07, 6.45) is 4.86. The van der Waals surface area contributed by atoms with Crippen molar-refractivity contribution in [2.24, 2.45) is 5.41 Å². The maximum Gasteiger partial charge on any atom is 0.210 e.